The van der Waals surface area contributed by atoms with E-state index in [1.54, 1.807) is 6.92 Å². The molecule has 0 bridgehead atoms. The predicted molar refractivity (Wildman–Crippen MR) is 59.5 cm³/mol. The number of hydrogen-bond donors (Lipinski definition) is 1. The van der Waals surface area contributed by atoms with Crippen molar-refractivity contribution in [2.45, 2.75) is 25.1 Å². The molecule has 3 nitrogen and oxygen atoms in total. The minimum atomic E-state index is -4.38. The molecule has 0 unspecified atom stereocenters. The summed E-state index contributed by atoms with van der Waals surface area (Å²) in [5.74, 6) is -0.215. The van der Waals surface area contributed by atoms with Gasteiger partial charge in [-0.3, -0.25) is 4.79 Å². The van der Waals surface area contributed by atoms with Crippen LogP contribution in [0.15, 0.2) is 0 Å². The minimum Gasteiger partial charge on any atom is -0.372 e. The van der Waals surface area contributed by atoms with Crippen LogP contribution in [0.1, 0.15) is 13.3 Å². The van der Waals surface area contributed by atoms with Crippen LogP contribution in [0.5, 0.6) is 0 Å². The molecule has 17 heavy (non-hydrogen) atoms. The molecule has 0 atom stereocenters. The van der Waals surface area contributed by atoms with Gasteiger partial charge in [0.15, 0.2) is 0 Å². The van der Waals surface area contributed by atoms with Gasteiger partial charge in [-0.25, -0.2) is 0 Å². The van der Waals surface area contributed by atoms with Crippen molar-refractivity contribution in [1.29, 1.82) is 0 Å². The first kappa shape index (κ1) is 16.8. The number of carbonyl (C=O) groups excluding carboxylic acids is 1. The van der Waals surface area contributed by atoms with Crippen molar-refractivity contribution < 1.29 is 22.7 Å². The number of carbonyl (C=O) groups is 1. The molecule has 0 saturated carbocycles. The Hall–Kier alpha value is -0.200. The second-order valence-corrected chi connectivity index (χ2v) is 4.33. The molecular weight excluding hydrogens is 282 g/mol. The first-order chi connectivity index (χ1) is 7.72. The van der Waals surface area contributed by atoms with Gasteiger partial charge in [-0.15, -0.1) is 23.2 Å². The van der Waals surface area contributed by atoms with Gasteiger partial charge in [-0.05, 0) is 6.92 Å². The number of rotatable bonds is 7. The summed E-state index contributed by atoms with van der Waals surface area (Å²) in [7, 11) is 0. The highest BCUT2D eigenvalue weighted by atomic mass is 35.5. The average molecular weight is 296 g/mol. The van der Waals surface area contributed by atoms with Crippen LogP contribution in [-0.2, 0) is 9.53 Å². The summed E-state index contributed by atoms with van der Waals surface area (Å²) >= 11 is 11.2. The van der Waals surface area contributed by atoms with Crippen molar-refractivity contribution in [3.63, 3.8) is 0 Å². The van der Waals surface area contributed by atoms with Crippen LogP contribution in [0.3, 0.4) is 0 Å². The Morgan fingerprint density at radius 2 is 1.82 bits per heavy atom. The summed E-state index contributed by atoms with van der Waals surface area (Å²) in [5.41, 5.74) is -0.760. The fraction of sp³-hybridized carbons (Fsp3) is 0.889. The Morgan fingerprint density at radius 1 is 1.29 bits per heavy atom. The van der Waals surface area contributed by atoms with E-state index < -0.39 is 24.2 Å². The molecule has 0 aromatic heterocycles. The SMILES string of the molecule is CC(CCl)(CCl)NC(=O)CCOCC(F)(F)F. The molecular formula is C9H14Cl2F3NO2. The Kier molecular flexibility index (Phi) is 7.20. The standard InChI is InChI=1S/C9H14Cl2F3NO2/c1-8(4-10,5-11)15-7(16)2-3-17-6-9(12,13)14/h2-6H2,1H3,(H,15,16). The average Bonchev–Trinajstić information content (AvgIpc) is 2.23. The lowest BCUT2D eigenvalue weighted by molar-refractivity contribution is -0.174. The van der Waals surface area contributed by atoms with E-state index in [4.69, 9.17) is 23.2 Å². The van der Waals surface area contributed by atoms with Gasteiger partial charge in [0, 0.05) is 18.2 Å². The maximum absolute atomic E-state index is 11.7. The maximum atomic E-state index is 11.7. The van der Waals surface area contributed by atoms with Crippen LogP contribution >= 0.6 is 23.2 Å². The number of hydrogen-bond acceptors (Lipinski definition) is 2. The van der Waals surface area contributed by atoms with Gasteiger partial charge >= 0.3 is 6.18 Å². The lowest BCUT2D eigenvalue weighted by Crippen LogP contribution is -2.49. The Labute approximate surface area is 108 Å². The zero-order chi connectivity index (χ0) is 13.5. The van der Waals surface area contributed by atoms with Crippen molar-refractivity contribution in [2.75, 3.05) is 25.0 Å². The zero-order valence-corrected chi connectivity index (χ0v) is 10.8. The molecule has 0 rings (SSSR count). The zero-order valence-electron chi connectivity index (χ0n) is 9.24. The maximum Gasteiger partial charge on any atom is 0.411 e. The monoisotopic (exact) mass is 295 g/mol. The van der Waals surface area contributed by atoms with Gasteiger partial charge in [0.25, 0.3) is 0 Å². The van der Waals surface area contributed by atoms with Gasteiger partial charge in [0.05, 0.1) is 12.1 Å². The molecule has 0 spiro atoms. The molecule has 8 heteroatoms. The largest absolute Gasteiger partial charge is 0.411 e. The third-order valence-electron chi connectivity index (χ3n) is 1.77. The third kappa shape index (κ3) is 8.51. The highest BCUT2D eigenvalue weighted by molar-refractivity contribution is 6.22. The van der Waals surface area contributed by atoms with E-state index >= 15 is 0 Å². The molecule has 1 N–H and O–H groups in total. The molecule has 0 aliphatic heterocycles. The van der Waals surface area contributed by atoms with E-state index in [-0.39, 0.29) is 24.8 Å². The Bertz CT molecular complexity index is 245. The first-order valence-electron chi connectivity index (χ1n) is 4.80. The summed E-state index contributed by atoms with van der Waals surface area (Å²) < 4.78 is 39.4. The fourth-order valence-electron chi connectivity index (χ4n) is 0.854. The third-order valence-corrected chi connectivity index (χ3v) is 2.95. The summed E-state index contributed by atoms with van der Waals surface area (Å²) in [4.78, 5) is 11.3. The van der Waals surface area contributed by atoms with E-state index in [2.05, 4.69) is 10.1 Å². The molecule has 0 saturated heterocycles. The smallest absolute Gasteiger partial charge is 0.372 e. The summed E-state index contributed by atoms with van der Waals surface area (Å²) in [5, 5.41) is 2.53. The highest BCUT2D eigenvalue weighted by Gasteiger charge is 2.28. The molecule has 0 aromatic carbocycles. The van der Waals surface area contributed by atoms with E-state index in [0.29, 0.717) is 0 Å². The van der Waals surface area contributed by atoms with Crippen molar-refractivity contribution in [3.05, 3.63) is 0 Å². The normalized spacial score (nSPS) is 12.6. The van der Waals surface area contributed by atoms with Crippen LogP contribution in [-0.4, -0.2) is 42.6 Å². The number of ether oxygens (including phenoxy) is 1. The molecule has 0 radical (unpaired) electrons. The molecule has 0 aromatic rings. The van der Waals surface area contributed by atoms with Crippen molar-refractivity contribution in [3.8, 4) is 0 Å². The quantitative estimate of drug-likeness (QED) is 0.578. The number of amides is 1. The molecule has 0 heterocycles. The Morgan fingerprint density at radius 3 is 2.24 bits per heavy atom. The van der Waals surface area contributed by atoms with E-state index in [1.165, 1.54) is 0 Å². The highest BCUT2D eigenvalue weighted by Crippen LogP contribution is 2.14. The second kappa shape index (κ2) is 7.28. The molecule has 0 fully saturated rings. The second-order valence-electron chi connectivity index (χ2n) is 3.79. The van der Waals surface area contributed by atoms with Crippen LogP contribution in [0.4, 0.5) is 13.2 Å². The first-order valence-corrected chi connectivity index (χ1v) is 5.87. The van der Waals surface area contributed by atoms with E-state index in [1.807, 2.05) is 0 Å². The van der Waals surface area contributed by atoms with Crippen molar-refractivity contribution >= 4 is 29.1 Å². The topological polar surface area (TPSA) is 38.3 Å². The lowest BCUT2D eigenvalue weighted by Gasteiger charge is -2.25. The van der Waals surface area contributed by atoms with Gasteiger partial charge in [0.1, 0.15) is 6.61 Å². The number of nitrogens with one attached hydrogen (secondary N) is 1. The fourth-order valence-corrected chi connectivity index (χ4v) is 1.27. The van der Waals surface area contributed by atoms with Crippen molar-refractivity contribution in [1.82, 2.24) is 5.32 Å². The van der Waals surface area contributed by atoms with E-state index in [9.17, 15) is 18.0 Å². The van der Waals surface area contributed by atoms with Crippen LogP contribution < -0.4 is 5.32 Å². The Balaban J connectivity index is 3.81. The molecule has 0 aliphatic rings. The van der Waals surface area contributed by atoms with Crippen LogP contribution in [0, 0.1) is 0 Å². The molecule has 1 amide bonds. The number of halogens is 5. The van der Waals surface area contributed by atoms with Gasteiger partial charge in [-0.1, -0.05) is 0 Å². The van der Waals surface area contributed by atoms with Gasteiger partial charge in [0.2, 0.25) is 5.91 Å². The lowest BCUT2D eigenvalue weighted by atomic mass is 10.1. The molecule has 0 aliphatic carbocycles. The van der Waals surface area contributed by atoms with E-state index in [0.717, 1.165) is 0 Å². The summed E-state index contributed by atoms with van der Waals surface area (Å²) in [6.07, 6.45) is -4.54. The van der Waals surface area contributed by atoms with Crippen LogP contribution in [0.25, 0.3) is 0 Å². The predicted octanol–water partition coefficient (Wildman–Crippen LogP) is 2.31. The van der Waals surface area contributed by atoms with Crippen molar-refractivity contribution in [2.24, 2.45) is 0 Å². The summed E-state index contributed by atoms with van der Waals surface area (Å²) in [6.45, 7) is -0.0178. The van der Waals surface area contributed by atoms with Gasteiger partial charge < -0.3 is 10.1 Å². The number of alkyl halides is 5. The van der Waals surface area contributed by atoms with Crippen LogP contribution in [0.2, 0.25) is 0 Å². The molecule has 102 valence electrons. The summed E-state index contributed by atoms with van der Waals surface area (Å²) in [6, 6.07) is 0. The minimum absolute atomic E-state index is 0.117. The van der Waals surface area contributed by atoms with Gasteiger partial charge in [-0.2, -0.15) is 13.2 Å².